The summed E-state index contributed by atoms with van der Waals surface area (Å²) in [4.78, 5) is 92.7. The molecule has 20 heteroatoms. The monoisotopic (exact) mass is 1040 g/mol. The Morgan fingerprint density at radius 1 is 0.347 bits per heavy atom. The van der Waals surface area contributed by atoms with E-state index in [0.29, 0.717) is 38.7 Å². The van der Waals surface area contributed by atoms with Gasteiger partial charge in [-0.1, -0.05) is 61.8 Å². The predicted molar refractivity (Wildman–Crippen MR) is 269 cm³/mol. The number of unbranched alkanes of at least 4 members (excludes halogenated alkanes) is 1. The average molecular weight is 1040 g/mol. The molecule has 0 aromatic rings. The maximum atomic E-state index is 11.8. The first-order valence-electron chi connectivity index (χ1n) is 25.1. The van der Waals surface area contributed by atoms with Crippen LogP contribution in [0, 0.1) is 5.92 Å². The normalized spacial score (nSPS) is 13.5. The van der Waals surface area contributed by atoms with Crippen LogP contribution in [0.15, 0.2) is 0 Å². The van der Waals surface area contributed by atoms with E-state index in [-0.39, 0.29) is 43.0 Å². The minimum absolute atomic E-state index is 0.198. The van der Waals surface area contributed by atoms with Gasteiger partial charge in [0.25, 0.3) is 0 Å². The molecule has 0 amide bonds. The van der Waals surface area contributed by atoms with Crippen LogP contribution < -0.4 is 0 Å². The second-order valence-corrected chi connectivity index (χ2v) is 20.4. The molecule has 0 aromatic heterocycles. The second-order valence-electron chi connectivity index (χ2n) is 20.4. The van der Waals surface area contributed by atoms with Gasteiger partial charge in [-0.3, -0.25) is 0 Å². The van der Waals surface area contributed by atoms with Gasteiger partial charge < -0.3 is 56.8 Å². The minimum Gasteiger partial charge on any atom is -0.460 e. The standard InChI is InChI=1S/4C13H24O5/c1-8-9(2)16-10(14)13(6,7)18-11(15)17-12(3,4)5;1-7-10(4)17-11(14)13(5,6)18-12(15)16-8-9(2)3;1-7-9(3)16-11(14)13(5,6)18-12(15)17-10(4)8-2;1-6-8-9-16-12(15)18-13(4,5)11(14)17-10(3)7-2/h9H,8H2,1-7H3;2*9-10H,7-8H2,1-6H3;10H,6-9H2,1-5H3. The molecule has 0 spiro atoms. The molecule has 0 aliphatic rings. The molecule has 0 bridgehead atoms. The van der Waals surface area contributed by atoms with Gasteiger partial charge >= 0.3 is 48.5 Å². The van der Waals surface area contributed by atoms with E-state index in [4.69, 9.17) is 56.8 Å². The zero-order chi connectivity index (χ0) is 57.4. The Balaban J connectivity index is -0.000000428. The van der Waals surface area contributed by atoms with Crippen LogP contribution in [0.4, 0.5) is 19.2 Å². The quantitative estimate of drug-likeness (QED) is 0.0524. The summed E-state index contributed by atoms with van der Waals surface area (Å²) in [6, 6.07) is 0. The number of esters is 4. The third-order valence-electron chi connectivity index (χ3n) is 9.37. The molecule has 0 N–H and O–H groups in total. The van der Waals surface area contributed by atoms with Crippen LogP contribution >= 0.6 is 0 Å². The summed E-state index contributed by atoms with van der Waals surface area (Å²) < 4.78 is 60.0. The van der Waals surface area contributed by atoms with Gasteiger partial charge in [0.15, 0.2) is 0 Å². The van der Waals surface area contributed by atoms with Crippen molar-refractivity contribution in [2.75, 3.05) is 13.2 Å². The van der Waals surface area contributed by atoms with Gasteiger partial charge in [0, 0.05) is 0 Å². The summed E-state index contributed by atoms with van der Waals surface area (Å²) in [5.74, 6) is -2.07. The SMILES string of the molecule is CCC(C)OC(=O)C(C)(C)OC(=O)OC(C)(C)C.CCC(C)OC(=O)C(C)(C)OC(=O)OCC(C)C.CCC(C)OC(=O)OC(C)(C)C(=O)OC(C)CC.CCCCOC(=O)OC(C)(C)C(=O)OC(C)CC. The number of hydrogen-bond donors (Lipinski definition) is 0. The fourth-order valence-electron chi connectivity index (χ4n) is 3.77. The first-order chi connectivity index (χ1) is 32.7. The molecule has 20 nitrogen and oxygen atoms in total. The van der Waals surface area contributed by atoms with E-state index in [0.717, 1.165) is 12.8 Å². The fourth-order valence-corrected chi connectivity index (χ4v) is 3.77. The van der Waals surface area contributed by atoms with Crippen molar-refractivity contribution < 1.29 is 95.2 Å². The van der Waals surface area contributed by atoms with Gasteiger partial charge in [-0.15, -0.1) is 0 Å². The Kier molecular flexibility index (Phi) is 36.7. The molecule has 424 valence electrons. The minimum atomic E-state index is -1.36. The Bertz CT molecular complexity index is 1610. The summed E-state index contributed by atoms with van der Waals surface area (Å²) in [7, 11) is 0. The van der Waals surface area contributed by atoms with Crippen molar-refractivity contribution in [3.8, 4) is 0 Å². The maximum Gasteiger partial charge on any atom is 0.509 e. The number of carbonyl (C=O) groups is 8. The van der Waals surface area contributed by atoms with Crippen molar-refractivity contribution in [3.63, 3.8) is 0 Å². The summed E-state index contributed by atoms with van der Waals surface area (Å²) in [6.07, 6.45) is 0.739. The Labute approximate surface area is 431 Å². The van der Waals surface area contributed by atoms with Gasteiger partial charge in [0.05, 0.1) is 37.6 Å². The van der Waals surface area contributed by atoms with E-state index < -0.39 is 76.5 Å². The van der Waals surface area contributed by atoms with Crippen molar-refractivity contribution in [2.24, 2.45) is 5.92 Å². The molecular weight excluding hydrogens is 945 g/mol. The molecule has 0 aliphatic carbocycles. The number of rotatable bonds is 23. The highest BCUT2D eigenvalue weighted by Gasteiger charge is 2.39. The van der Waals surface area contributed by atoms with Crippen LogP contribution in [-0.2, 0) is 76.0 Å². The molecule has 0 heterocycles. The lowest BCUT2D eigenvalue weighted by atomic mass is 10.1. The topological polar surface area (TPSA) is 247 Å². The highest BCUT2D eigenvalue weighted by atomic mass is 16.8. The van der Waals surface area contributed by atoms with Crippen molar-refractivity contribution >= 4 is 48.5 Å². The molecule has 5 atom stereocenters. The molecule has 0 saturated carbocycles. The Hall–Kier alpha value is -5.04. The maximum absolute atomic E-state index is 11.8. The number of carbonyl (C=O) groups excluding carboxylic acids is 8. The highest BCUT2D eigenvalue weighted by molar-refractivity contribution is 5.83. The van der Waals surface area contributed by atoms with Crippen LogP contribution in [-0.4, -0.2) is 120 Å². The van der Waals surface area contributed by atoms with Gasteiger partial charge in [-0.05, 0) is 155 Å². The zero-order valence-corrected chi connectivity index (χ0v) is 48.5. The molecule has 0 aromatic carbocycles. The first kappa shape index (κ1) is 73.5. The van der Waals surface area contributed by atoms with Gasteiger partial charge in [0.1, 0.15) is 11.7 Å². The summed E-state index contributed by atoms with van der Waals surface area (Å²) in [5, 5.41) is 0. The predicted octanol–water partition coefficient (Wildman–Crippen LogP) is 12.1. The second kappa shape index (κ2) is 36.0. The first-order valence-corrected chi connectivity index (χ1v) is 25.1. The fraction of sp³-hybridized carbons (Fsp3) is 0.846. The number of ether oxygens (including phenoxy) is 12. The van der Waals surface area contributed by atoms with Crippen LogP contribution in [0.3, 0.4) is 0 Å². The molecular formula is C52H96O20. The van der Waals surface area contributed by atoms with Gasteiger partial charge in [-0.2, -0.15) is 0 Å². The van der Waals surface area contributed by atoms with E-state index in [1.165, 1.54) is 55.4 Å². The zero-order valence-electron chi connectivity index (χ0n) is 48.5. The van der Waals surface area contributed by atoms with E-state index in [1.54, 1.807) is 55.4 Å². The van der Waals surface area contributed by atoms with E-state index >= 15 is 0 Å². The van der Waals surface area contributed by atoms with Crippen LogP contribution in [0.25, 0.3) is 0 Å². The van der Waals surface area contributed by atoms with Gasteiger partial charge in [-0.25, -0.2) is 38.4 Å². The van der Waals surface area contributed by atoms with E-state index in [1.807, 2.05) is 55.4 Å². The van der Waals surface area contributed by atoms with Crippen molar-refractivity contribution in [1.82, 2.24) is 0 Å². The molecule has 0 fully saturated rings. The lowest BCUT2D eigenvalue weighted by Gasteiger charge is -2.26. The lowest BCUT2D eigenvalue weighted by Crippen LogP contribution is -2.41. The van der Waals surface area contributed by atoms with Crippen molar-refractivity contribution in [1.29, 1.82) is 0 Å². The average Bonchev–Trinajstić information content (AvgIpc) is 3.24. The Morgan fingerprint density at radius 2 is 0.611 bits per heavy atom. The van der Waals surface area contributed by atoms with Crippen molar-refractivity contribution in [2.45, 2.75) is 270 Å². The molecule has 5 unspecified atom stereocenters. The van der Waals surface area contributed by atoms with Crippen molar-refractivity contribution in [3.05, 3.63) is 0 Å². The lowest BCUT2D eigenvalue weighted by molar-refractivity contribution is -0.170. The molecule has 72 heavy (non-hydrogen) atoms. The highest BCUT2D eigenvalue weighted by Crippen LogP contribution is 2.20. The largest absolute Gasteiger partial charge is 0.509 e. The Morgan fingerprint density at radius 3 is 0.875 bits per heavy atom. The smallest absolute Gasteiger partial charge is 0.460 e. The van der Waals surface area contributed by atoms with E-state index in [2.05, 4.69) is 0 Å². The van der Waals surface area contributed by atoms with Gasteiger partial charge in [0.2, 0.25) is 22.4 Å². The van der Waals surface area contributed by atoms with Crippen LogP contribution in [0.2, 0.25) is 0 Å². The summed E-state index contributed by atoms with van der Waals surface area (Å²) in [6.45, 7) is 41.8. The summed E-state index contributed by atoms with van der Waals surface area (Å²) >= 11 is 0. The molecule has 0 saturated heterocycles. The third kappa shape index (κ3) is 37.7. The summed E-state index contributed by atoms with van der Waals surface area (Å²) in [5.41, 5.74) is -6.02. The molecule has 0 rings (SSSR count). The van der Waals surface area contributed by atoms with Crippen LogP contribution in [0.1, 0.15) is 211 Å². The number of hydrogen-bond acceptors (Lipinski definition) is 20. The third-order valence-corrected chi connectivity index (χ3v) is 9.37. The molecule has 0 radical (unpaired) electrons. The van der Waals surface area contributed by atoms with E-state index in [9.17, 15) is 38.4 Å². The van der Waals surface area contributed by atoms with Crippen LogP contribution in [0.5, 0.6) is 0 Å². The molecule has 0 aliphatic heterocycles.